The van der Waals surface area contributed by atoms with Crippen LogP contribution in [0.4, 0.5) is 0 Å². The van der Waals surface area contributed by atoms with Crippen LogP contribution < -0.4 is 10.1 Å². The van der Waals surface area contributed by atoms with Gasteiger partial charge in [0.1, 0.15) is 12.4 Å². The number of benzene rings is 2. The third-order valence-electron chi connectivity index (χ3n) is 5.61. The van der Waals surface area contributed by atoms with Crippen LogP contribution in [0.5, 0.6) is 5.75 Å². The monoisotopic (exact) mass is 380 g/mol. The van der Waals surface area contributed by atoms with Gasteiger partial charge >= 0.3 is 0 Å². The van der Waals surface area contributed by atoms with Gasteiger partial charge in [0.15, 0.2) is 0 Å². The number of rotatable bonds is 4. The fourth-order valence-electron chi connectivity index (χ4n) is 3.91. The highest BCUT2D eigenvalue weighted by atomic mass is 16.5. The predicted octanol–water partition coefficient (Wildman–Crippen LogP) is 3.30. The lowest BCUT2D eigenvalue weighted by Crippen LogP contribution is -2.40. The Morgan fingerprint density at radius 1 is 1.11 bits per heavy atom. The first-order chi connectivity index (χ1) is 13.7. The molecule has 0 radical (unpaired) electrons. The summed E-state index contributed by atoms with van der Waals surface area (Å²) in [5, 5.41) is 3.02. The summed E-state index contributed by atoms with van der Waals surface area (Å²) in [6.07, 6.45) is 2.12. The van der Waals surface area contributed by atoms with Gasteiger partial charge in [-0.1, -0.05) is 29.8 Å². The van der Waals surface area contributed by atoms with Gasteiger partial charge in [0.2, 0.25) is 0 Å². The van der Waals surface area contributed by atoms with Gasteiger partial charge in [0, 0.05) is 50.0 Å². The van der Waals surface area contributed by atoms with E-state index in [1.807, 2.05) is 30.3 Å². The van der Waals surface area contributed by atoms with E-state index in [9.17, 15) is 4.79 Å². The summed E-state index contributed by atoms with van der Waals surface area (Å²) < 4.78 is 11.4. The van der Waals surface area contributed by atoms with Crippen molar-refractivity contribution in [1.29, 1.82) is 0 Å². The van der Waals surface area contributed by atoms with Crippen molar-refractivity contribution in [2.45, 2.75) is 38.9 Å². The fourth-order valence-corrected chi connectivity index (χ4v) is 3.91. The van der Waals surface area contributed by atoms with E-state index in [-0.39, 0.29) is 5.91 Å². The van der Waals surface area contributed by atoms with E-state index in [0.717, 1.165) is 56.0 Å². The molecule has 0 spiro atoms. The molecule has 0 unspecified atom stereocenters. The van der Waals surface area contributed by atoms with Gasteiger partial charge in [-0.3, -0.25) is 9.69 Å². The highest BCUT2D eigenvalue weighted by Gasteiger charge is 2.25. The third kappa shape index (κ3) is 4.54. The van der Waals surface area contributed by atoms with Crippen molar-refractivity contribution in [2.75, 3.05) is 26.4 Å². The van der Waals surface area contributed by atoms with Crippen molar-refractivity contribution in [3.8, 4) is 5.75 Å². The van der Waals surface area contributed by atoms with Gasteiger partial charge < -0.3 is 14.8 Å². The van der Waals surface area contributed by atoms with Crippen LogP contribution in [0.2, 0.25) is 0 Å². The minimum Gasteiger partial charge on any atom is -0.492 e. The lowest BCUT2D eigenvalue weighted by molar-refractivity contribution is 0.0294. The molecule has 2 heterocycles. The summed E-state index contributed by atoms with van der Waals surface area (Å²) in [6.45, 7) is 6.66. The van der Waals surface area contributed by atoms with Crippen molar-refractivity contribution < 1.29 is 14.3 Å². The van der Waals surface area contributed by atoms with Crippen LogP contribution in [0.3, 0.4) is 0 Å². The standard InChI is InChI=1S/C23H28N2O3/c1-17-2-4-18(5-3-17)15-24-23(26)19-6-7-22-20(14-19)16-25(10-13-28-22)21-8-11-27-12-9-21/h2-7,14,21H,8-13,15-16H2,1H3,(H,24,26). The van der Waals surface area contributed by atoms with Crippen molar-refractivity contribution >= 4 is 5.91 Å². The van der Waals surface area contributed by atoms with Gasteiger partial charge in [-0.25, -0.2) is 0 Å². The normalized spacial score (nSPS) is 18.0. The van der Waals surface area contributed by atoms with Crippen LogP contribution in [0.1, 0.15) is 39.9 Å². The Morgan fingerprint density at radius 2 is 1.89 bits per heavy atom. The van der Waals surface area contributed by atoms with Gasteiger partial charge in [0.25, 0.3) is 5.91 Å². The number of fused-ring (bicyclic) bond motifs is 1. The predicted molar refractivity (Wildman–Crippen MR) is 109 cm³/mol. The molecule has 5 heteroatoms. The summed E-state index contributed by atoms with van der Waals surface area (Å²) in [4.78, 5) is 15.1. The number of carbonyl (C=O) groups excluding carboxylic acids is 1. The molecule has 2 aromatic carbocycles. The summed E-state index contributed by atoms with van der Waals surface area (Å²) in [7, 11) is 0. The molecule has 0 aliphatic carbocycles. The van der Waals surface area contributed by atoms with Crippen molar-refractivity contribution in [3.05, 3.63) is 64.7 Å². The Balaban J connectivity index is 1.43. The molecular formula is C23H28N2O3. The Bertz CT molecular complexity index is 813. The first kappa shape index (κ1) is 19.0. The molecule has 5 nitrogen and oxygen atoms in total. The molecule has 0 aromatic heterocycles. The Kier molecular flexibility index (Phi) is 5.93. The zero-order chi connectivity index (χ0) is 19.3. The minimum atomic E-state index is -0.0507. The smallest absolute Gasteiger partial charge is 0.251 e. The maximum atomic E-state index is 12.7. The summed E-state index contributed by atoms with van der Waals surface area (Å²) in [6, 6.07) is 14.5. The first-order valence-electron chi connectivity index (χ1n) is 10.1. The number of nitrogens with zero attached hydrogens (tertiary/aromatic N) is 1. The number of hydrogen-bond donors (Lipinski definition) is 1. The first-order valence-corrected chi connectivity index (χ1v) is 10.1. The van der Waals surface area contributed by atoms with E-state index in [1.54, 1.807) is 0 Å². The molecule has 2 aromatic rings. The number of aryl methyl sites for hydroxylation is 1. The molecule has 1 saturated heterocycles. The van der Waals surface area contributed by atoms with Crippen LogP contribution in [0, 0.1) is 6.92 Å². The van der Waals surface area contributed by atoms with Gasteiger partial charge in [-0.2, -0.15) is 0 Å². The molecule has 28 heavy (non-hydrogen) atoms. The van der Waals surface area contributed by atoms with Crippen LogP contribution in [-0.4, -0.2) is 43.2 Å². The van der Waals surface area contributed by atoms with Crippen LogP contribution >= 0.6 is 0 Å². The quantitative estimate of drug-likeness (QED) is 0.884. The molecular weight excluding hydrogens is 352 g/mol. The number of hydrogen-bond acceptors (Lipinski definition) is 4. The van der Waals surface area contributed by atoms with E-state index in [2.05, 4.69) is 29.3 Å². The summed E-state index contributed by atoms with van der Waals surface area (Å²) in [5.41, 5.74) is 4.09. The second-order valence-corrected chi connectivity index (χ2v) is 7.65. The largest absolute Gasteiger partial charge is 0.492 e. The molecule has 148 valence electrons. The number of carbonyl (C=O) groups is 1. The lowest BCUT2D eigenvalue weighted by atomic mass is 10.0. The third-order valence-corrected chi connectivity index (χ3v) is 5.61. The summed E-state index contributed by atoms with van der Waals surface area (Å²) in [5.74, 6) is 0.842. The Morgan fingerprint density at radius 3 is 2.68 bits per heavy atom. The summed E-state index contributed by atoms with van der Waals surface area (Å²) >= 11 is 0. The highest BCUT2D eigenvalue weighted by Crippen LogP contribution is 2.27. The molecule has 0 atom stereocenters. The average Bonchev–Trinajstić information content (AvgIpc) is 2.95. The Labute approximate surface area is 166 Å². The van der Waals surface area contributed by atoms with Crippen LogP contribution in [0.25, 0.3) is 0 Å². The van der Waals surface area contributed by atoms with E-state index >= 15 is 0 Å². The van der Waals surface area contributed by atoms with Crippen molar-refractivity contribution in [2.24, 2.45) is 0 Å². The zero-order valence-electron chi connectivity index (χ0n) is 16.4. The number of ether oxygens (including phenoxy) is 2. The van der Waals surface area contributed by atoms with E-state index in [0.29, 0.717) is 24.8 Å². The molecule has 0 saturated carbocycles. The second-order valence-electron chi connectivity index (χ2n) is 7.65. The number of amides is 1. The number of nitrogens with one attached hydrogen (secondary N) is 1. The highest BCUT2D eigenvalue weighted by molar-refractivity contribution is 5.94. The van der Waals surface area contributed by atoms with Gasteiger partial charge in [0.05, 0.1) is 0 Å². The molecule has 1 fully saturated rings. The van der Waals surface area contributed by atoms with Gasteiger partial charge in [-0.15, -0.1) is 0 Å². The topological polar surface area (TPSA) is 50.8 Å². The molecule has 1 amide bonds. The second kappa shape index (κ2) is 8.76. The average molecular weight is 380 g/mol. The van der Waals surface area contributed by atoms with Crippen molar-refractivity contribution in [1.82, 2.24) is 10.2 Å². The van der Waals surface area contributed by atoms with E-state index in [1.165, 1.54) is 5.56 Å². The maximum absolute atomic E-state index is 12.7. The molecule has 2 aliphatic heterocycles. The SMILES string of the molecule is Cc1ccc(CNC(=O)c2ccc3c(c2)CN(C2CCOCC2)CCO3)cc1. The zero-order valence-corrected chi connectivity index (χ0v) is 16.4. The van der Waals surface area contributed by atoms with E-state index < -0.39 is 0 Å². The maximum Gasteiger partial charge on any atom is 0.251 e. The van der Waals surface area contributed by atoms with Crippen molar-refractivity contribution in [3.63, 3.8) is 0 Å². The minimum absolute atomic E-state index is 0.0507. The fraction of sp³-hybridized carbons (Fsp3) is 0.435. The lowest BCUT2D eigenvalue weighted by Gasteiger charge is -2.32. The Hall–Kier alpha value is -2.37. The molecule has 4 rings (SSSR count). The van der Waals surface area contributed by atoms with Crippen LogP contribution in [-0.2, 0) is 17.8 Å². The molecule has 1 N–H and O–H groups in total. The molecule has 2 aliphatic rings. The van der Waals surface area contributed by atoms with E-state index in [4.69, 9.17) is 9.47 Å². The van der Waals surface area contributed by atoms with Crippen LogP contribution in [0.15, 0.2) is 42.5 Å². The molecule has 0 bridgehead atoms. The van der Waals surface area contributed by atoms with Gasteiger partial charge in [-0.05, 0) is 43.5 Å².